The van der Waals surface area contributed by atoms with E-state index in [-0.39, 0.29) is 17.2 Å². The first-order chi connectivity index (χ1) is 9.28. The molecule has 110 valence electrons. The molecule has 2 rings (SSSR count). The largest absolute Gasteiger partial charge is 0.469 e. The zero-order valence-corrected chi connectivity index (χ0v) is 13.1. The highest BCUT2D eigenvalue weighted by Gasteiger charge is 2.26. The molecule has 2 aromatic rings. The molecule has 0 unspecified atom stereocenters. The van der Waals surface area contributed by atoms with Crippen molar-refractivity contribution in [3.8, 4) is 0 Å². The molecule has 2 N–H and O–H groups in total. The van der Waals surface area contributed by atoms with Gasteiger partial charge in [-0.05, 0) is 31.2 Å². The lowest BCUT2D eigenvalue weighted by Gasteiger charge is -2.22. The molecule has 0 aliphatic rings. The summed E-state index contributed by atoms with van der Waals surface area (Å²) in [6, 6.07) is 6.38. The van der Waals surface area contributed by atoms with Crippen LogP contribution in [0.4, 0.5) is 0 Å². The van der Waals surface area contributed by atoms with Crippen LogP contribution in [-0.4, -0.2) is 25.7 Å². The molecule has 0 spiro atoms. The average molecular weight is 336 g/mol. The van der Waals surface area contributed by atoms with E-state index in [2.05, 4.69) is 4.72 Å². The molecule has 0 saturated carbocycles. The van der Waals surface area contributed by atoms with Crippen LogP contribution in [0, 0.1) is 0 Å². The summed E-state index contributed by atoms with van der Waals surface area (Å²) in [5.74, 6) is 0.591. The molecule has 0 aromatic carbocycles. The highest BCUT2D eigenvalue weighted by atomic mass is 35.5. The molecular weight excluding hydrogens is 322 g/mol. The summed E-state index contributed by atoms with van der Waals surface area (Å²) in [6.45, 7) is 1.42. The van der Waals surface area contributed by atoms with E-state index >= 15 is 0 Å². The number of thiophene rings is 1. The Hall–Kier alpha value is -0.860. The average Bonchev–Trinajstić information content (AvgIpc) is 2.98. The van der Waals surface area contributed by atoms with E-state index < -0.39 is 15.6 Å². The number of hydrogen-bond acceptors (Lipinski definition) is 5. The lowest BCUT2D eigenvalue weighted by atomic mass is 10.0. The number of rotatable bonds is 6. The Morgan fingerprint density at radius 2 is 2.20 bits per heavy atom. The number of sulfonamides is 1. The Morgan fingerprint density at radius 3 is 2.75 bits per heavy atom. The third-order valence-electron chi connectivity index (χ3n) is 2.59. The standard InChI is InChI=1S/C12H14ClNO4S2/c1-12(15,7-9-3-2-6-18-9)8-14-20(16,17)11-5-4-10(13)19-11/h2-6,14-15H,7-8H2,1H3/t12-/m0/s1. The van der Waals surface area contributed by atoms with Crippen LogP contribution in [0.1, 0.15) is 12.7 Å². The molecule has 2 aromatic heterocycles. The second kappa shape index (κ2) is 5.87. The molecule has 0 fully saturated rings. The van der Waals surface area contributed by atoms with Gasteiger partial charge in [0.2, 0.25) is 10.0 Å². The SMILES string of the molecule is C[C@@](O)(CNS(=O)(=O)c1ccc(Cl)s1)Cc1ccco1. The Kier molecular flexibility index (Phi) is 4.55. The molecule has 8 heteroatoms. The van der Waals surface area contributed by atoms with Crippen molar-refractivity contribution in [3.63, 3.8) is 0 Å². The lowest BCUT2D eigenvalue weighted by Crippen LogP contribution is -2.41. The number of halogens is 1. The zero-order chi connectivity index (χ0) is 14.8. The topological polar surface area (TPSA) is 79.5 Å². The van der Waals surface area contributed by atoms with Crippen LogP contribution in [0.25, 0.3) is 0 Å². The van der Waals surface area contributed by atoms with Gasteiger partial charge in [0.25, 0.3) is 0 Å². The van der Waals surface area contributed by atoms with Gasteiger partial charge >= 0.3 is 0 Å². The van der Waals surface area contributed by atoms with Crippen molar-refractivity contribution in [1.82, 2.24) is 4.72 Å². The lowest BCUT2D eigenvalue weighted by molar-refractivity contribution is 0.0603. The Morgan fingerprint density at radius 1 is 1.45 bits per heavy atom. The monoisotopic (exact) mass is 335 g/mol. The molecule has 20 heavy (non-hydrogen) atoms. The van der Waals surface area contributed by atoms with Gasteiger partial charge in [0.15, 0.2) is 0 Å². The van der Waals surface area contributed by atoms with E-state index in [0.717, 1.165) is 11.3 Å². The first-order valence-corrected chi connectivity index (χ1v) is 8.46. The van der Waals surface area contributed by atoms with E-state index in [1.54, 1.807) is 19.1 Å². The molecule has 0 radical (unpaired) electrons. The molecule has 5 nitrogen and oxygen atoms in total. The number of nitrogens with one attached hydrogen (secondary N) is 1. The Balaban J connectivity index is 2.00. The van der Waals surface area contributed by atoms with E-state index in [9.17, 15) is 13.5 Å². The van der Waals surface area contributed by atoms with E-state index in [4.69, 9.17) is 16.0 Å². The second-order valence-electron chi connectivity index (χ2n) is 4.64. The van der Waals surface area contributed by atoms with Crippen molar-refractivity contribution in [2.45, 2.75) is 23.2 Å². The van der Waals surface area contributed by atoms with Gasteiger partial charge in [-0.1, -0.05) is 11.6 Å². The first kappa shape index (κ1) is 15.5. The summed E-state index contributed by atoms with van der Waals surface area (Å²) in [5, 5.41) is 10.2. The maximum atomic E-state index is 12.0. The van der Waals surface area contributed by atoms with Crippen LogP contribution in [0.3, 0.4) is 0 Å². The summed E-state index contributed by atoms with van der Waals surface area (Å²) >= 11 is 6.68. The smallest absolute Gasteiger partial charge is 0.250 e. The molecule has 1 atom stereocenters. The summed E-state index contributed by atoms with van der Waals surface area (Å²) in [4.78, 5) is 0. The summed E-state index contributed by atoms with van der Waals surface area (Å²) < 4.78 is 32.0. The highest BCUT2D eigenvalue weighted by Crippen LogP contribution is 2.25. The fraction of sp³-hybridized carbons (Fsp3) is 0.333. The minimum Gasteiger partial charge on any atom is -0.469 e. The Bertz CT molecular complexity index is 661. The minimum absolute atomic E-state index is 0.119. The van der Waals surface area contributed by atoms with Crippen LogP contribution < -0.4 is 4.72 Å². The normalized spacial score (nSPS) is 15.2. The van der Waals surface area contributed by atoms with Crippen LogP contribution in [0.15, 0.2) is 39.2 Å². The van der Waals surface area contributed by atoms with Gasteiger partial charge in [0.05, 0.1) is 16.2 Å². The summed E-state index contributed by atoms with van der Waals surface area (Å²) in [6.07, 6.45) is 1.72. The molecular formula is C12H14ClNO4S2. The van der Waals surface area contributed by atoms with E-state index in [1.165, 1.54) is 18.4 Å². The first-order valence-electron chi connectivity index (χ1n) is 5.78. The van der Waals surface area contributed by atoms with Crippen LogP contribution in [-0.2, 0) is 16.4 Å². The molecule has 0 bridgehead atoms. The van der Waals surface area contributed by atoms with Gasteiger partial charge in [-0.2, -0.15) is 0 Å². The van der Waals surface area contributed by atoms with Gasteiger partial charge in [-0.3, -0.25) is 0 Å². The van der Waals surface area contributed by atoms with Crippen molar-refractivity contribution < 1.29 is 17.9 Å². The minimum atomic E-state index is -3.66. The zero-order valence-electron chi connectivity index (χ0n) is 10.7. The van der Waals surface area contributed by atoms with E-state index in [1.807, 2.05) is 0 Å². The third kappa shape index (κ3) is 4.07. The van der Waals surface area contributed by atoms with Gasteiger partial charge in [-0.15, -0.1) is 11.3 Å². The molecule has 0 aliphatic heterocycles. The number of hydrogen-bond donors (Lipinski definition) is 2. The maximum absolute atomic E-state index is 12.0. The van der Waals surface area contributed by atoms with Crippen LogP contribution in [0.2, 0.25) is 4.34 Å². The quantitative estimate of drug-likeness (QED) is 0.848. The van der Waals surface area contributed by atoms with Gasteiger partial charge in [0, 0.05) is 13.0 Å². The molecule has 0 saturated heterocycles. The van der Waals surface area contributed by atoms with Crippen molar-refractivity contribution >= 4 is 33.0 Å². The van der Waals surface area contributed by atoms with Gasteiger partial charge in [-0.25, -0.2) is 13.1 Å². The van der Waals surface area contributed by atoms with Gasteiger partial charge < -0.3 is 9.52 Å². The summed E-state index contributed by atoms with van der Waals surface area (Å²) in [7, 11) is -3.66. The van der Waals surface area contributed by atoms with Crippen molar-refractivity contribution in [1.29, 1.82) is 0 Å². The third-order valence-corrected chi connectivity index (χ3v) is 5.72. The van der Waals surface area contributed by atoms with Crippen molar-refractivity contribution in [2.24, 2.45) is 0 Å². The fourth-order valence-corrected chi connectivity index (χ4v) is 4.30. The van der Waals surface area contributed by atoms with Crippen molar-refractivity contribution in [2.75, 3.05) is 6.54 Å². The fourth-order valence-electron chi connectivity index (χ4n) is 1.61. The second-order valence-corrected chi connectivity index (χ2v) is 8.35. The predicted molar refractivity (Wildman–Crippen MR) is 77.6 cm³/mol. The number of aliphatic hydroxyl groups is 1. The maximum Gasteiger partial charge on any atom is 0.250 e. The molecule has 2 heterocycles. The van der Waals surface area contributed by atoms with Crippen LogP contribution in [0.5, 0.6) is 0 Å². The van der Waals surface area contributed by atoms with E-state index in [0.29, 0.717) is 10.1 Å². The predicted octanol–water partition coefficient (Wildman–Crippen LogP) is 2.27. The summed E-state index contributed by atoms with van der Waals surface area (Å²) in [5.41, 5.74) is -1.24. The molecule has 0 aliphatic carbocycles. The van der Waals surface area contributed by atoms with Gasteiger partial charge in [0.1, 0.15) is 9.97 Å². The Labute approximate surface area is 126 Å². The van der Waals surface area contributed by atoms with Crippen LogP contribution >= 0.6 is 22.9 Å². The molecule has 0 amide bonds. The van der Waals surface area contributed by atoms with Crippen molar-refractivity contribution in [3.05, 3.63) is 40.6 Å². The highest BCUT2D eigenvalue weighted by molar-refractivity contribution is 7.91. The number of furan rings is 1.